The molecule has 136 valence electrons. The predicted octanol–water partition coefficient (Wildman–Crippen LogP) is 3.38. The van der Waals surface area contributed by atoms with Gasteiger partial charge in [-0.3, -0.25) is 0 Å². The van der Waals surface area contributed by atoms with Crippen molar-refractivity contribution in [2.75, 3.05) is 12.3 Å². The SMILES string of the molecule is Nc1cc(C(CCNC2CCCCC2)c2ccccc2)c2n[nH]nc2n1. The Labute approximate surface area is 153 Å². The highest BCUT2D eigenvalue weighted by atomic mass is 15.3. The number of H-pyrrole nitrogens is 1. The van der Waals surface area contributed by atoms with Crippen molar-refractivity contribution in [1.82, 2.24) is 25.7 Å². The first-order valence-corrected chi connectivity index (χ1v) is 9.56. The number of rotatable bonds is 6. The Morgan fingerprint density at radius 3 is 2.73 bits per heavy atom. The first-order valence-electron chi connectivity index (χ1n) is 9.56. The molecule has 4 N–H and O–H groups in total. The van der Waals surface area contributed by atoms with Crippen molar-refractivity contribution in [2.24, 2.45) is 0 Å². The van der Waals surface area contributed by atoms with Gasteiger partial charge in [-0.15, -0.1) is 5.10 Å². The summed E-state index contributed by atoms with van der Waals surface area (Å²) in [5.41, 5.74) is 9.80. The predicted molar refractivity (Wildman–Crippen MR) is 104 cm³/mol. The fourth-order valence-corrected chi connectivity index (χ4v) is 4.07. The number of nitrogens with one attached hydrogen (secondary N) is 2. The highest BCUT2D eigenvalue weighted by molar-refractivity contribution is 5.77. The van der Waals surface area contributed by atoms with Gasteiger partial charge in [0.25, 0.3) is 0 Å². The number of aromatic amines is 1. The summed E-state index contributed by atoms with van der Waals surface area (Å²) in [6.07, 6.45) is 7.66. The van der Waals surface area contributed by atoms with Crippen LogP contribution in [0, 0.1) is 0 Å². The molecule has 1 aliphatic rings. The molecule has 0 spiro atoms. The Morgan fingerprint density at radius 2 is 1.92 bits per heavy atom. The summed E-state index contributed by atoms with van der Waals surface area (Å²) in [7, 11) is 0. The van der Waals surface area contributed by atoms with E-state index in [0.717, 1.165) is 24.0 Å². The third-order valence-electron chi connectivity index (χ3n) is 5.39. The van der Waals surface area contributed by atoms with E-state index in [-0.39, 0.29) is 5.92 Å². The summed E-state index contributed by atoms with van der Waals surface area (Å²) in [4.78, 5) is 4.28. The van der Waals surface area contributed by atoms with Gasteiger partial charge in [0, 0.05) is 12.0 Å². The molecule has 2 aromatic heterocycles. The molecule has 1 unspecified atom stereocenters. The molecule has 0 radical (unpaired) electrons. The minimum Gasteiger partial charge on any atom is -0.384 e. The van der Waals surface area contributed by atoms with Crippen molar-refractivity contribution in [3.63, 3.8) is 0 Å². The lowest BCUT2D eigenvalue weighted by Gasteiger charge is -2.25. The molecule has 26 heavy (non-hydrogen) atoms. The van der Waals surface area contributed by atoms with E-state index in [2.05, 4.69) is 50.0 Å². The minimum atomic E-state index is 0.213. The van der Waals surface area contributed by atoms with Gasteiger partial charge in [-0.1, -0.05) is 49.6 Å². The molecule has 1 fully saturated rings. The van der Waals surface area contributed by atoms with Crippen molar-refractivity contribution >= 4 is 17.0 Å². The molecular formula is C20H26N6. The zero-order valence-corrected chi connectivity index (χ0v) is 15.0. The highest BCUT2D eigenvalue weighted by Gasteiger charge is 2.21. The monoisotopic (exact) mass is 350 g/mol. The van der Waals surface area contributed by atoms with Gasteiger partial charge in [-0.05, 0) is 43.0 Å². The van der Waals surface area contributed by atoms with Crippen LogP contribution in [0.1, 0.15) is 55.6 Å². The molecule has 6 heteroatoms. The topological polar surface area (TPSA) is 92.5 Å². The lowest BCUT2D eigenvalue weighted by Crippen LogP contribution is -2.32. The number of hydrogen-bond acceptors (Lipinski definition) is 5. The van der Waals surface area contributed by atoms with Gasteiger partial charge in [-0.25, -0.2) is 4.98 Å². The van der Waals surface area contributed by atoms with E-state index in [0.29, 0.717) is 17.5 Å². The number of nitrogen functional groups attached to an aromatic ring is 1. The summed E-state index contributed by atoms with van der Waals surface area (Å²) in [6.45, 7) is 0.978. The summed E-state index contributed by atoms with van der Waals surface area (Å²) in [5.74, 6) is 0.702. The van der Waals surface area contributed by atoms with Crippen LogP contribution < -0.4 is 11.1 Å². The second-order valence-electron chi connectivity index (χ2n) is 7.17. The van der Waals surface area contributed by atoms with Crippen LogP contribution in [0.25, 0.3) is 11.2 Å². The molecule has 1 aliphatic carbocycles. The summed E-state index contributed by atoms with van der Waals surface area (Å²) in [5, 5.41) is 14.9. The minimum absolute atomic E-state index is 0.213. The molecule has 0 amide bonds. The van der Waals surface area contributed by atoms with E-state index in [1.165, 1.54) is 37.7 Å². The second-order valence-corrected chi connectivity index (χ2v) is 7.17. The van der Waals surface area contributed by atoms with Crippen LogP contribution in [0.2, 0.25) is 0 Å². The summed E-state index contributed by atoms with van der Waals surface area (Å²) in [6, 6.07) is 13.2. The van der Waals surface area contributed by atoms with Crippen molar-refractivity contribution in [1.29, 1.82) is 0 Å². The number of aromatic nitrogens is 4. The Morgan fingerprint density at radius 1 is 1.12 bits per heavy atom. The van der Waals surface area contributed by atoms with Gasteiger partial charge in [0.1, 0.15) is 11.3 Å². The molecule has 0 saturated heterocycles. The molecule has 0 aliphatic heterocycles. The molecule has 1 saturated carbocycles. The van der Waals surface area contributed by atoms with Crippen LogP contribution in [-0.4, -0.2) is 33.0 Å². The largest absolute Gasteiger partial charge is 0.384 e. The van der Waals surface area contributed by atoms with Crippen LogP contribution in [0.15, 0.2) is 36.4 Å². The molecule has 0 bridgehead atoms. The van der Waals surface area contributed by atoms with Crippen molar-refractivity contribution in [2.45, 2.75) is 50.5 Å². The number of fused-ring (bicyclic) bond motifs is 1. The van der Waals surface area contributed by atoms with E-state index < -0.39 is 0 Å². The molecule has 6 nitrogen and oxygen atoms in total. The van der Waals surface area contributed by atoms with Crippen LogP contribution in [0.4, 0.5) is 5.82 Å². The van der Waals surface area contributed by atoms with Gasteiger partial charge in [0.05, 0.1) is 0 Å². The average molecular weight is 350 g/mol. The van der Waals surface area contributed by atoms with E-state index in [4.69, 9.17) is 5.73 Å². The van der Waals surface area contributed by atoms with E-state index in [9.17, 15) is 0 Å². The van der Waals surface area contributed by atoms with Crippen molar-refractivity contribution in [3.05, 3.63) is 47.5 Å². The average Bonchev–Trinajstić information content (AvgIpc) is 3.15. The Hall–Kier alpha value is -2.47. The van der Waals surface area contributed by atoms with Crippen LogP contribution in [0.3, 0.4) is 0 Å². The quantitative estimate of drug-likeness (QED) is 0.634. The number of anilines is 1. The van der Waals surface area contributed by atoms with Crippen LogP contribution >= 0.6 is 0 Å². The third kappa shape index (κ3) is 3.70. The number of nitrogens with two attached hydrogens (primary N) is 1. The first-order chi connectivity index (χ1) is 12.8. The fraction of sp³-hybridized carbons (Fsp3) is 0.450. The van der Waals surface area contributed by atoms with E-state index in [1.54, 1.807) is 0 Å². The lowest BCUT2D eigenvalue weighted by atomic mass is 9.88. The maximum atomic E-state index is 6.04. The normalized spacial score (nSPS) is 16.8. The molecule has 1 aromatic carbocycles. The third-order valence-corrected chi connectivity index (χ3v) is 5.39. The number of nitrogens with zero attached hydrogens (tertiary/aromatic N) is 3. The standard InChI is InChI=1S/C20H26N6/c21-18-13-17(19-20(23-18)25-26-24-19)16(14-7-3-1-4-8-14)11-12-22-15-9-5-2-6-10-15/h1,3-4,7-8,13,15-16,22H,2,5-6,9-12H2,(H3,21,23,24,25,26). The Bertz CT molecular complexity index is 838. The second kappa shape index (κ2) is 7.83. The highest BCUT2D eigenvalue weighted by Crippen LogP contribution is 2.32. The zero-order valence-electron chi connectivity index (χ0n) is 15.0. The molecular weight excluding hydrogens is 324 g/mol. The number of benzene rings is 1. The number of hydrogen-bond donors (Lipinski definition) is 3. The van der Waals surface area contributed by atoms with Crippen LogP contribution in [0.5, 0.6) is 0 Å². The molecule has 4 rings (SSSR count). The summed E-state index contributed by atoms with van der Waals surface area (Å²) < 4.78 is 0. The molecule has 1 atom stereocenters. The van der Waals surface area contributed by atoms with Gasteiger partial charge < -0.3 is 11.1 Å². The smallest absolute Gasteiger partial charge is 0.203 e. The molecule has 2 heterocycles. The maximum Gasteiger partial charge on any atom is 0.203 e. The Kier molecular flexibility index (Phi) is 5.11. The van der Waals surface area contributed by atoms with Crippen molar-refractivity contribution < 1.29 is 0 Å². The fourth-order valence-electron chi connectivity index (χ4n) is 4.07. The van der Waals surface area contributed by atoms with Crippen molar-refractivity contribution in [3.8, 4) is 0 Å². The summed E-state index contributed by atoms with van der Waals surface area (Å²) >= 11 is 0. The van der Waals surface area contributed by atoms with Gasteiger partial charge in [0.15, 0.2) is 0 Å². The zero-order chi connectivity index (χ0) is 17.8. The van der Waals surface area contributed by atoms with Gasteiger partial charge >= 0.3 is 0 Å². The van der Waals surface area contributed by atoms with E-state index >= 15 is 0 Å². The Balaban J connectivity index is 1.59. The lowest BCUT2D eigenvalue weighted by molar-refractivity contribution is 0.370. The first kappa shape index (κ1) is 17.0. The maximum absolute atomic E-state index is 6.04. The van der Waals surface area contributed by atoms with E-state index in [1.807, 2.05) is 12.1 Å². The molecule has 3 aromatic rings. The number of pyridine rings is 1. The van der Waals surface area contributed by atoms with Gasteiger partial charge in [-0.2, -0.15) is 10.3 Å². The van der Waals surface area contributed by atoms with Gasteiger partial charge in [0.2, 0.25) is 5.65 Å². The van der Waals surface area contributed by atoms with Crippen LogP contribution in [-0.2, 0) is 0 Å².